The van der Waals surface area contributed by atoms with E-state index in [0.29, 0.717) is 45.1 Å². The predicted octanol–water partition coefficient (Wildman–Crippen LogP) is 5.85. The number of nitrogens with one attached hydrogen (secondary N) is 4. The lowest BCUT2D eigenvalue weighted by atomic mass is 9.87. The Morgan fingerprint density at radius 3 is 1.54 bits per heavy atom. The zero-order valence-electron chi connectivity index (χ0n) is 35.8. The smallest absolute Gasteiger partial charge is 0.374 e. The van der Waals surface area contributed by atoms with Crippen LogP contribution in [-0.2, 0) is 27.2 Å². The van der Waals surface area contributed by atoms with Gasteiger partial charge in [-0.3, -0.25) is 19.2 Å². The maximum atomic E-state index is 14.2. The van der Waals surface area contributed by atoms with Crippen molar-refractivity contribution in [3.63, 3.8) is 0 Å². The SMILES string of the molecule is CB(O)NCC(=O)N[C@H](C[C@H](CC(=O)c1cn[nH]n1)Cc1ccc(-c2cc(Cl)ccc2F)cc1)C(=O)O.N[C@H](C[C@H](CC(=O)c1cn[nH]n1)Cc1ccc(-c2cc(Cl)ccc2F)cc1)C(=O)O. The Balaban J connectivity index is 0.000000256. The first-order valence-electron chi connectivity index (χ1n) is 20.7. The van der Waals surface area contributed by atoms with Crippen LogP contribution in [-0.4, -0.2) is 101 Å². The van der Waals surface area contributed by atoms with Gasteiger partial charge in [0.05, 0.1) is 18.9 Å². The number of carboxylic acid groups (broad SMARTS) is 2. The van der Waals surface area contributed by atoms with Crippen LogP contribution in [0.15, 0.2) is 97.3 Å². The summed E-state index contributed by atoms with van der Waals surface area (Å²) in [4.78, 5) is 60.3. The van der Waals surface area contributed by atoms with Crippen molar-refractivity contribution in [3.05, 3.63) is 142 Å². The van der Waals surface area contributed by atoms with Gasteiger partial charge in [-0.1, -0.05) is 71.7 Å². The van der Waals surface area contributed by atoms with Gasteiger partial charge in [-0.15, -0.1) is 0 Å². The maximum absolute atomic E-state index is 14.2. The van der Waals surface area contributed by atoms with Crippen LogP contribution < -0.4 is 16.3 Å². The van der Waals surface area contributed by atoms with Crippen LogP contribution in [0.1, 0.15) is 57.8 Å². The van der Waals surface area contributed by atoms with E-state index in [4.69, 9.17) is 34.0 Å². The molecule has 0 saturated heterocycles. The highest BCUT2D eigenvalue weighted by molar-refractivity contribution is 6.45. The van der Waals surface area contributed by atoms with Gasteiger partial charge in [0, 0.05) is 34.0 Å². The third-order valence-electron chi connectivity index (χ3n) is 10.4. The van der Waals surface area contributed by atoms with Gasteiger partial charge in [-0.2, -0.15) is 30.8 Å². The Bertz CT molecular complexity index is 2610. The molecule has 0 aliphatic carbocycles. The molecule has 0 radical (unpaired) electrons. The average molecular weight is 961 g/mol. The largest absolute Gasteiger partial charge is 0.480 e. The number of halogens is 4. The summed E-state index contributed by atoms with van der Waals surface area (Å²) in [6.07, 6.45) is 3.49. The summed E-state index contributed by atoms with van der Waals surface area (Å²) in [6, 6.07) is 20.4. The number of nitrogens with two attached hydrogens (primary N) is 1. The summed E-state index contributed by atoms with van der Waals surface area (Å²) in [5, 5.41) is 53.5. The topological polar surface area (TPSA) is 279 Å². The molecule has 1 amide bonds. The second kappa shape index (κ2) is 24.7. The number of rotatable bonds is 22. The van der Waals surface area contributed by atoms with Crippen LogP contribution in [0.25, 0.3) is 22.3 Å². The van der Waals surface area contributed by atoms with Crippen molar-refractivity contribution in [1.82, 2.24) is 41.4 Å². The number of carboxylic acids is 2. The van der Waals surface area contributed by atoms with Gasteiger partial charge in [-0.25, -0.2) is 13.6 Å². The molecule has 67 heavy (non-hydrogen) atoms. The fourth-order valence-electron chi connectivity index (χ4n) is 7.13. The lowest BCUT2D eigenvalue weighted by molar-refractivity contribution is -0.142. The zero-order chi connectivity index (χ0) is 48.6. The Labute approximate surface area is 393 Å². The van der Waals surface area contributed by atoms with E-state index in [1.807, 2.05) is 12.1 Å². The molecule has 2 heterocycles. The Hall–Kier alpha value is -6.71. The zero-order valence-corrected chi connectivity index (χ0v) is 37.3. The molecule has 0 spiro atoms. The lowest BCUT2D eigenvalue weighted by Crippen LogP contribution is -2.47. The van der Waals surface area contributed by atoms with E-state index in [1.165, 1.54) is 49.5 Å². The molecule has 4 aromatic carbocycles. The van der Waals surface area contributed by atoms with E-state index in [9.17, 15) is 42.9 Å². The first kappa shape index (κ1) is 51.3. The Morgan fingerprint density at radius 1 is 0.701 bits per heavy atom. The number of aliphatic carboxylic acids is 2. The molecule has 0 bridgehead atoms. The van der Waals surface area contributed by atoms with E-state index < -0.39 is 48.7 Å². The minimum absolute atomic E-state index is 0.0377. The predicted molar refractivity (Wildman–Crippen MR) is 245 cm³/mol. The van der Waals surface area contributed by atoms with Gasteiger partial charge in [0.15, 0.2) is 11.6 Å². The summed E-state index contributed by atoms with van der Waals surface area (Å²) >= 11 is 12.0. The molecule has 0 aliphatic heterocycles. The molecular weight excluding hydrogens is 914 g/mol. The first-order chi connectivity index (χ1) is 31.9. The van der Waals surface area contributed by atoms with Gasteiger partial charge in [0.25, 0.3) is 0 Å². The van der Waals surface area contributed by atoms with Gasteiger partial charge in [0.1, 0.15) is 35.1 Å². The number of benzene rings is 4. The summed E-state index contributed by atoms with van der Waals surface area (Å²) < 4.78 is 28.3. The first-order valence-corrected chi connectivity index (χ1v) is 21.5. The number of Topliss-reactive ketones (excluding diaryl/α,β-unsaturated/α-hetero) is 2. The van der Waals surface area contributed by atoms with E-state index in [0.717, 1.165) is 11.1 Å². The third kappa shape index (κ3) is 16.0. The number of aromatic amines is 2. The van der Waals surface area contributed by atoms with Gasteiger partial charge in [-0.05, 0) is 103 Å². The van der Waals surface area contributed by atoms with Crippen molar-refractivity contribution >= 4 is 59.7 Å². The van der Waals surface area contributed by atoms with Crippen LogP contribution >= 0.6 is 23.2 Å². The molecule has 9 N–H and O–H groups in total. The maximum Gasteiger partial charge on any atom is 0.374 e. The number of ketones is 2. The third-order valence-corrected chi connectivity index (χ3v) is 10.9. The molecule has 22 heteroatoms. The number of nitrogens with zero attached hydrogens (tertiary/aromatic N) is 4. The summed E-state index contributed by atoms with van der Waals surface area (Å²) in [5.74, 6) is -5.15. The van der Waals surface area contributed by atoms with Crippen LogP contribution in [0, 0.1) is 23.5 Å². The number of hydrogen-bond donors (Lipinski definition) is 8. The Kier molecular flexibility index (Phi) is 18.9. The van der Waals surface area contributed by atoms with Crippen molar-refractivity contribution in [2.24, 2.45) is 17.6 Å². The second-order valence-corrected chi connectivity index (χ2v) is 16.6. The number of carbonyl (C=O) groups is 5. The van der Waals surface area contributed by atoms with Crippen LogP contribution in [0.5, 0.6) is 0 Å². The molecule has 0 aliphatic rings. The summed E-state index contributed by atoms with van der Waals surface area (Å²) in [7, 11) is -0.940. The number of aromatic nitrogens is 6. The molecule has 17 nitrogen and oxygen atoms in total. The van der Waals surface area contributed by atoms with Crippen molar-refractivity contribution in [1.29, 1.82) is 0 Å². The molecule has 0 saturated carbocycles. The van der Waals surface area contributed by atoms with Crippen molar-refractivity contribution in [3.8, 4) is 22.3 Å². The average Bonchev–Trinajstić information content (AvgIpc) is 4.05. The van der Waals surface area contributed by atoms with Crippen molar-refractivity contribution in [2.45, 2.75) is 57.4 Å². The summed E-state index contributed by atoms with van der Waals surface area (Å²) in [5.41, 5.74) is 9.67. The number of H-pyrrole nitrogens is 2. The fraction of sp³-hybridized carbons (Fsp3) is 0.267. The van der Waals surface area contributed by atoms with Crippen LogP contribution in [0.4, 0.5) is 8.78 Å². The normalized spacial score (nSPS) is 12.8. The highest BCUT2D eigenvalue weighted by Gasteiger charge is 2.28. The van der Waals surface area contributed by atoms with Gasteiger partial charge < -0.3 is 31.5 Å². The Morgan fingerprint density at radius 2 is 1.15 bits per heavy atom. The van der Waals surface area contributed by atoms with Gasteiger partial charge >= 0.3 is 19.0 Å². The van der Waals surface area contributed by atoms with E-state index >= 15 is 0 Å². The fourth-order valence-corrected chi connectivity index (χ4v) is 7.47. The second-order valence-electron chi connectivity index (χ2n) is 15.7. The molecule has 0 fully saturated rings. The van der Waals surface area contributed by atoms with Crippen LogP contribution in [0.3, 0.4) is 0 Å². The summed E-state index contributed by atoms with van der Waals surface area (Å²) in [6.45, 7) is 1.16. The highest BCUT2D eigenvalue weighted by Crippen LogP contribution is 2.30. The number of hydrogen-bond acceptors (Lipinski definition) is 12. The van der Waals surface area contributed by atoms with Crippen molar-refractivity contribution < 1.29 is 48.0 Å². The van der Waals surface area contributed by atoms with Crippen molar-refractivity contribution in [2.75, 3.05) is 6.54 Å². The molecule has 6 rings (SSSR count). The molecule has 2 aromatic heterocycles. The molecule has 0 unspecified atom stereocenters. The molecule has 350 valence electrons. The van der Waals surface area contributed by atoms with E-state index in [-0.39, 0.29) is 66.9 Å². The number of carbonyl (C=O) groups excluding carboxylic acids is 3. The van der Waals surface area contributed by atoms with E-state index in [2.05, 4.69) is 41.4 Å². The lowest BCUT2D eigenvalue weighted by Gasteiger charge is -2.22. The minimum Gasteiger partial charge on any atom is -0.480 e. The van der Waals surface area contributed by atoms with Gasteiger partial charge in [0.2, 0.25) is 5.91 Å². The molecular formula is C45H46BCl2F2N9O8. The van der Waals surface area contributed by atoms with E-state index in [1.54, 1.807) is 42.5 Å². The molecule has 4 atom stereocenters. The molecule has 6 aromatic rings. The monoisotopic (exact) mass is 959 g/mol. The quantitative estimate of drug-likeness (QED) is 0.0293. The highest BCUT2D eigenvalue weighted by atomic mass is 35.5. The minimum atomic E-state index is -1.27. The van der Waals surface area contributed by atoms with Crippen LogP contribution in [0.2, 0.25) is 16.9 Å². The standard InChI is InChI=1S/C24H26BClFN5O5.C21H20ClFN4O3/c1-25(37)28-13-23(34)30-20(24(35)36)9-15(10-22(33)21-12-29-32-31-21)8-14-2-4-16(5-3-14)18-11-17(26)6-7-19(18)27;22-15-5-6-17(23)16(10-15)14-3-1-12(2-4-14)7-13(8-18(24)21(29)30)9-20(28)19-11-25-27-26-19/h2-7,11-12,15,20,28,37H,8-10,13H2,1H3,(H,30,34)(H,35,36)(H,29,31,32);1-6,10-11,13,18H,7-9,24H2,(H,29,30)(H,25,26,27)/t15-,20-;13-,18-/m11/s1. The number of amides is 1.